The summed E-state index contributed by atoms with van der Waals surface area (Å²) in [5.74, 6) is -0.278. The van der Waals surface area contributed by atoms with Crippen molar-refractivity contribution in [3.63, 3.8) is 0 Å². The van der Waals surface area contributed by atoms with Crippen molar-refractivity contribution in [1.29, 1.82) is 0 Å². The van der Waals surface area contributed by atoms with E-state index in [1.54, 1.807) is 6.08 Å². The van der Waals surface area contributed by atoms with Crippen molar-refractivity contribution in [3.05, 3.63) is 97.2 Å². The van der Waals surface area contributed by atoms with Crippen LogP contribution in [0.25, 0.3) is 0 Å². The first kappa shape index (κ1) is 91.9. The maximum atomic E-state index is 13.5. The van der Waals surface area contributed by atoms with Gasteiger partial charge in [0.05, 0.1) is 38.6 Å². The molecule has 0 aromatic heterocycles. The molecule has 0 radical (unpaired) electrons. The van der Waals surface area contributed by atoms with E-state index in [4.69, 9.17) is 28.4 Å². The predicted molar refractivity (Wildman–Crippen MR) is 401 cm³/mol. The number of carbonyl (C=O) groups excluding carboxylic acids is 1. The van der Waals surface area contributed by atoms with Crippen LogP contribution in [-0.4, -0.2) is 193 Å². The van der Waals surface area contributed by atoms with Crippen LogP contribution in [0, 0.1) is 0 Å². The molecule has 3 fully saturated rings. The number of aliphatic hydroxyl groups excluding tert-OH is 11. The molecule has 17 atom stereocenters. The van der Waals surface area contributed by atoms with Crippen LogP contribution in [0.15, 0.2) is 97.2 Å². The summed E-state index contributed by atoms with van der Waals surface area (Å²) in [7, 11) is 0. The molecule has 584 valence electrons. The van der Waals surface area contributed by atoms with E-state index >= 15 is 0 Å². The molecule has 0 saturated carbocycles. The fraction of sp³-hybridized carbons (Fsp3) is 0.793. The predicted octanol–water partition coefficient (Wildman–Crippen LogP) is 13.2. The maximum absolute atomic E-state index is 13.5. The number of hydrogen-bond acceptors (Lipinski definition) is 18. The van der Waals surface area contributed by atoms with Crippen molar-refractivity contribution in [3.8, 4) is 0 Å². The summed E-state index contributed by atoms with van der Waals surface area (Å²) in [5, 5.41) is 121. The first-order chi connectivity index (χ1) is 49.3. The molecule has 17 unspecified atom stereocenters. The van der Waals surface area contributed by atoms with Gasteiger partial charge in [0.2, 0.25) is 5.91 Å². The van der Waals surface area contributed by atoms with Gasteiger partial charge in [0.1, 0.15) is 73.2 Å². The van der Waals surface area contributed by atoms with Crippen molar-refractivity contribution in [2.75, 3.05) is 26.4 Å². The third-order valence-electron chi connectivity index (χ3n) is 19.4. The fourth-order valence-electron chi connectivity index (χ4n) is 13.0. The van der Waals surface area contributed by atoms with Crippen molar-refractivity contribution in [1.82, 2.24) is 5.32 Å². The lowest BCUT2D eigenvalue weighted by molar-refractivity contribution is -0.379. The first-order valence-corrected chi connectivity index (χ1v) is 40.0. The molecule has 101 heavy (non-hydrogen) atoms. The maximum Gasteiger partial charge on any atom is 0.220 e. The summed E-state index contributed by atoms with van der Waals surface area (Å²) in [6.45, 7) is 1.64. The minimum Gasteiger partial charge on any atom is -0.394 e. The van der Waals surface area contributed by atoms with Crippen LogP contribution in [-0.2, 0) is 33.2 Å². The van der Waals surface area contributed by atoms with Crippen molar-refractivity contribution >= 4 is 5.91 Å². The number of amides is 1. The average molecular weight is 1430 g/mol. The lowest BCUT2D eigenvalue weighted by atomic mass is 9.96. The monoisotopic (exact) mass is 1430 g/mol. The molecule has 1 amide bonds. The summed E-state index contributed by atoms with van der Waals surface area (Å²) < 4.78 is 34.4. The SMILES string of the molecule is CC/C=C\C/C=C\C/C=C\C/C=C\C/C=C\C/C=C\C/C=C\CCCCCCCCCCCCCCCC(=O)NC(COC1OC(CO)C(OC2OC(CO)C(OC3OC(CO)C(O)C(O)C3O)C(O)C2O)C(O)C1O)C(O)/C=C/CCCCCCCCCCCCCCCCCCCCC. The molecule has 3 aliphatic rings. The van der Waals surface area contributed by atoms with Gasteiger partial charge in [-0.15, -0.1) is 0 Å². The molecule has 0 aliphatic carbocycles. The molecule has 19 heteroatoms. The highest BCUT2D eigenvalue weighted by molar-refractivity contribution is 5.76. The zero-order valence-electron chi connectivity index (χ0n) is 62.4. The molecular weight excluding hydrogens is 1290 g/mol. The summed E-state index contributed by atoms with van der Waals surface area (Å²) in [5.41, 5.74) is 0. The third-order valence-corrected chi connectivity index (χ3v) is 19.4. The molecule has 0 aromatic carbocycles. The van der Waals surface area contributed by atoms with Crippen LogP contribution >= 0.6 is 0 Å². The van der Waals surface area contributed by atoms with Crippen molar-refractivity contribution in [2.45, 2.75) is 388 Å². The molecule has 3 heterocycles. The lowest BCUT2D eigenvalue weighted by Crippen LogP contribution is -2.66. The lowest BCUT2D eigenvalue weighted by Gasteiger charge is -2.48. The van der Waals surface area contributed by atoms with E-state index in [9.17, 15) is 61.0 Å². The Kier molecular flexibility index (Phi) is 56.3. The van der Waals surface area contributed by atoms with E-state index in [1.807, 2.05) is 6.08 Å². The second kappa shape index (κ2) is 61.8. The Morgan fingerprint density at radius 1 is 0.366 bits per heavy atom. The van der Waals surface area contributed by atoms with E-state index < -0.39 is 124 Å². The van der Waals surface area contributed by atoms with Gasteiger partial charge in [0, 0.05) is 6.42 Å². The highest BCUT2D eigenvalue weighted by atomic mass is 16.8. The number of allylic oxidation sites excluding steroid dienone is 15. The van der Waals surface area contributed by atoms with Gasteiger partial charge in [0.15, 0.2) is 18.9 Å². The molecule has 12 N–H and O–H groups in total. The average Bonchev–Trinajstić information content (AvgIpc) is 0.782. The summed E-state index contributed by atoms with van der Waals surface area (Å²) in [6, 6.07) is -0.980. The number of hydrogen-bond donors (Lipinski definition) is 12. The normalized spacial score (nSPS) is 26.8. The Bertz CT molecular complexity index is 2200. The largest absolute Gasteiger partial charge is 0.394 e. The second-order valence-electron chi connectivity index (χ2n) is 28.1. The Balaban J connectivity index is 1.36. The van der Waals surface area contributed by atoms with Crippen molar-refractivity contribution < 1.29 is 89.4 Å². The second-order valence-corrected chi connectivity index (χ2v) is 28.1. The molecule has 3 aliphatic heterocycles. The summed E-state index contributed by atoms with van der Waals surface area (Å²) in [6.07, 6.45) is 56.6. The molecular formula is C82H143NO18. The molecule has 3 saturated heterocycles. The molecule has 0 bridgehead atoms. The fourth-order valence-corrected chi connectivity index (χ4v) is 13.0. The van der Waals surface area contributed by atoms with Gasteiger partial charge in [-0.3, -0.25) is 4.79 Å². The number of nitrogens with one attached hydrogen (secondary N) is 1. The molecule has 0 aromatic rings. The molecule has 3 rings (SSSR count). The number of carbonyl (C=O) groups is 1. The minimum absolute atomic E-state index is 0.237. The van der Waals surface area contributed by atoms with Crippen LogP contribution in [0.2, 0.25) is 0 Å². The van der Waals surface area contributed by atoms with Crippen LogP contribution in [0.4, 0.5) is 0 Å². The van der Waals surface area contributed by atoms with E-state index in [-0.39, 0.29) is 18.9 Å². The van der Waals surface area contributed by atoms with Gasteiger partial charge < -0.3 is 89.9 Å². The van der Waals surface area contributed by atoms with Crippen LogP contribution < -0.4 is 5.32 Å². The number of rotatable bonds is 62. The summed E-state index contributed by atoms with van der Waals surface area (Å²) >= 11 is 0. The van der Waals surface area contributed by atoms with Crippen molar-refractivity contribution in [2.24, 2.45) is 0 Å². The Labute approximate surface area is 609 Å². The number of unbranched alkanes of at least 4 members (excludes halogenated alkanes) is 32. The molecule has 0 spiro atoms. The topological polar surface area (TPSA) is 307 Å². The van der Waals surface area contributed by atoms with E-state index in [0.29, 0.717) is 6.42 Å². The highest BCUT2D eigenvalue weighted by Crippen LogP contribution is 2.33. The van der Waals surface area contributed by atoms with Gasteiger partial charge in [-0.05, 0) is 77.0 Å². The quantitative estimate of drug-likeness (QED) is 0.0199. The Morgan fingerprint density at radius 2 is 0.683 bits per heavy atom. The van der Waals surface area contributed by atoms with E-state index in [2.05, 4.69) is 104 Å². The standard InChI is InChI=1S/C82H143NO18/c1-3-5-7-9-11-13-15-17-19-21-23-25-26-27-28-29-30-31-32-33-34-35-36-37-38-40-42-44-46-48-50-52-54-56-58-60-70(88)83-65(66(87)59-57-55-53-51-49-47-45-43-41-39-24-22-20-18-16-14-12-10-8-6-4-2)64-96-80-76(94)73(91)78(68(62-85)98-80)101-82-77(95)74(92)79(69(63-86)99-82)100-81-75(93)72(90)71(89)67(61-84)97-81/h5,7,11,13,17,19,23,25,27-28,30-31,33-34,57,59,65-69,71-82,84-87,89-95H,3-4,6,8-10,12,14-16,18,20-22,24,26,29,32,35-56,58,60-64H2,1-2H3,(H,83,88)/b7-5-,13-11-,19-17-,25-23-,28-27-,31-30-,34-33-,59-57+. The van der Waals surface area contributed by atoms with E-state index in [1.165, 1.54) is 161 Å². The Morgan fingerprint density at radius 3 is 1.07 bits per heavy atom. The highest BCUT2D eigenvalue weighted by Gasteiger charge is 2.54. The van der Waals surface area contributed by atoms with Gasteiger partial charge in [-0.2, -0.15) is 0 Å². The molecule has 19 nitrogen and oxygen atoms in total. The Hall–Kier alpha value is -3.29. The third kappa shape index (κ3) is 42.0. The summed E-state index contributed by atoms with van der Waals surface area (Å²) in [4.78, 5) is 13.5. The minimum atomic E-state index is -1.98. The van der Waals surface area contributed by atoms with Gasteiger partial charge in [0.25, 0.3) is 0 Å². The van der Waals surface area contributed by atoms with Crippen LogP contribution in [0.1, 0.15) is 284 Å². The van der Waals surface area contributed by atoms with Gasteiger partial charge in [-0.1, -0.05) is 297 Å². The van der Waals surface area contributed by atoms with Crippen LogP contribution in [0.3, 0.4) is 0 Å². The number of ether oxygens (including phenoxy) is 6. The number of aliphatic hydroxyl groups is 11. The zero-order chi connectivity index (χ0) is 73.2. The van der Waals surface area contributed by atoms with Gasteiger partial charge in [-0.25, -0.2) is 0 Å². The first-order valence-electron chi connectivity index (χ1n) is 40.0. The van der Waals surface area contributed by atoms with Crippen LogP contribution in [0.5, 0.6) is 0 Å². The van der Waals surface area contributed by atoms with E-state index in [0.717, 1.165) is 96.3 Å². The van der Waals surface area contributed by atoms with Gasteiger partial charge >= 0.3 is 0 Å². The zero-order valence-corrected chi connectivity index (χ0v) is 62.4. The smallest absolute Gasteiger partial charge is 0.220 e.